The Balaban J connectivity index is 1.34. The van der Waals surface area contributed by atoms with Gasteiger partial charge in [-0.25, -0.2) is 4.79 Å². The molecule has 7 heteroatoms. The lowest BCUT2D eigenvalue weighted by molar-refractivity contribution is -0.115. The Kier molecular flexibility index (Phi) is 4.73. The largest absolute Gasteiger partial charge is 0.357 e. The van der Waals surface area contributed by atoms with Crippen molar-refractivity contribution in [2.24, 2.45) is 0 Å². The lowest BCUT2D eigenvalue weighted by Gasteiger charge is -2.27. The Morgan fingerprint density at radius 3 is 2.85 bits per heavy atom. The van der Waals surface area contributed by atoms with E-state index in [4.69, 9.17) is 11.6 Å². The van der Waals surface area contributed by atoms with Crippen LogP contribution in [-0.2, 0) is 17.8 Å². The summed E-state index contributed by atoms with van der Waals surface area (Å²) in [5.74, 6) is -0.297. The summed E-state index contributed by atoms with van der Waals surface area (Å²) >= 11 is 5.90. The van der Waals surface area contributed by atoms with Crippen LogP contribution in [-0.4, -0.2) is 34.9 Å². The van der Waals surface area contributed by atoms with E-state index in [1.54, 1.807) is 29.2 Å². The first-order chi connectivity index (χ1) is 13.1. The summed E-state index contributed by atoms with van der Waals surface area (Å²) in [5, 5.41) is 7.15. The van der Waals surface area contributed by atoms with Crippen molar-refractivity contribution in [3.63, 3.8) is 0 Å². The predicted octanol–water partition coefficient (Wildman–Crippen LogP) is 3.53. The minimum Gasteiger partial charge on any atom is -0.357 e. The molecule has 0 bridgehead atoms. The summed E-state index contributed by atoms with van der Waals surface area (Å²) < 4.78 is 0. The van der Waals surface area contributed by atoms with Gasteiger partial charge in [-0.3, -0.25) is 4.79 Å². The molecule has 0 saturated carbocycles. The van der Waals surface area contributed by atoms with Crippen molar-refractivity contribution < 1.29 is 9.59 Å². The van der Waals surface area contributed by atoms with Gasteiger partial charge in [0.15, 0.2) is 0 Å². The van der Waals surface area contributed by atoms with Crippen molar-refractivity contribution in [2.75, 3.05) is 18.4 Å². The second-order valence-electron chi connectivity index (χ2n) is 6.52. The van der Waals surface area contributed by atoms with E-state index in [0.717, 1.165) is 17.6 Å². The highest BCUT2D eigenvalue weighted by molar-refractivity contribution is 6.30. The summed E-state index contributed by atoms with van der Waals surface area (Å²) in [6.45, 7) is 1.03. The normalized spacial score (nSPS) is 13.3. The van der Waals surface area contributed by atoms with Gasteiger partial charge in [-0.1, -0.05) is 35.9 Å². The first kappa shape index (κ1) is 17.4. The number of nitrogens with zero attached hydrogens (tertiary/aromatic N) is 1. The average Bonchev–Trinajstić information content (AvgIpc) is 3.04. The van der Waals surface area contributed by atoms with E-state index in [2.05, 4.69) is 21.7 Å². The van der Waals surface area contributed by atoms with Gasteiger partial charge < -0.3 is 20.5 Å². The monoisotopic (exact) mass is 382 g/mol. The zero-order valence-electron chi connectivity index (χ0n) is 14.6. The molecule has 6 nitrogen and oxygen atoms in total. The molecule has 0 aliphatic carbocycles. The Morgan fingerprint density at radius 2 is 2.00 bits per heavy atom. The van der Waals surface area contributed by atoms with Crippen LogP contribution in [0, 0.1) is 0 Å². The van der Waals surface area contributed by atoms with E-state index in [0.29, 0.717) is 23.8 Å². The number of urea groups is 1. The van der Waals surface area contributed by atoms with Gasteiger partial charge in [0.25, 0.3) is 0 Å². The summed E-state index contributed by atoms with van der Waals surface area (Å²) in [6, 6.07) is 14.8. The lowest BCUT2D eigenvalue weighted by atomic mass is 10.0. The van der Waals surface area contributed by atoms with Crippen molar-refractivity contribution in [3.05, 3.63) is 64.8 Å². The topological polar surface area (TPSA) is 77.2 Å². The molecule has 1 aliphatic rings. The zero-order valence-corrected chi connectivity index (χ0v) is 15.3. The van der Waals surface area contributed by atoms with Crippen LogP contribution < -0.4 is 10.6 Å². The maximum absolute atomic E-state index is 12.4. The number of amides is 3. The summed E-state index contributed by atoms with van der Waals surface area (Å²) in [4.78, 5) is 29.6. The molecular formula is C20H19ClN4O2. The number of H-pyrrole nitrogens is 1. The standard InChI is InChI=1S/C20H19ClN4O2/c21-13-4-3-5-14(10-13)23-19(26)11-22-20(27)25-9-8-16-15-6-1-2-7-17(15)24-18(16)12-25/h1-7,10,24H,8-9,11-12H2,(H,22,27)(H,23,26). The van der Waals surface area contributed by atoms with Crippen LogP contribution >= 0.6 is 11.6 Å². The van der Waals surface area contributed by atoms with Crippen LogP contribution in [0.25, 0.3) is 10.9 Å². The fraction of sp³-hybridized carbons (Fsp3) is 0.200. The molecule has 2 aromatic carbocycles. The molecular weight excluding hydrogens is 364 g/mol. The number of para-hydroxylation sites is 1. The SMILES string of the molecule is O=C(CNC(=O)N1CCc2c([nH]c3ccccc23)C1)Nc1cccc(Cl)c1. The van der Waals surface area contributed by atoms with E-state index >= 15 is 0 Å². The second kappa shape index (κ2) is 7.32. The van der Waals surface area contributed by atoms with Gasteiger partial charge in [0.05, 0.1) is 13.1 Å². The molecule has 27 heavy (non-hydrogen) atoms. The number of carbonyl (C=O) groups excluding carboxylic acids is 2. The number of hydrogen-bond donors (Lipinski definition) is 3. The number of fused-ring (bicyclic) bond motifs is 3. The average molecular weight is 383 g/mol. The molecule has 4 rings (SSSR count). The molecule has 1 aliphatic heterocycles. The van der Waals surface area contributed by atoms with E-state index in [1.807, 2.05) is 18.2 Å². The highest BCUT2D eigenvalue weighted by Gasteiger charge is 2.23. The smallest absolute Gasteiger partial charge is 0.318 e. The first-order valence-corrected chi connectivity index (χ1v) is 9.14. The number of halogens is 1. The Bertz CT molecular complexity index is 1010. The molecule has 1 aromatic heterocycles. The Morgan fingerprint density at radius 1 is 1.15 bits per heavy atom. The van der Waals surface area contributed by atoms with Gasteiger partial charge in [0, 0.05) is 33.9 Å². The van der Waals surface area contributed by atoms with E-state index < -0.39 is 0 Å². The fourth-order valence-electron chi connectivity index (χ4n) is 3.41. The second-order valence-corrected chi connectivity index (χ2v) is 6.95. The van der Waals surface area contributed by atoms with E-state index in [-0.39, 0.29) is 18.5 Å². The Labute approximate surface area is 161 Å². The van der Waals surface area contributed by atoms with Crippen LogP contribution in [0.2, 0.25) is 5.02 Å². The van der Waals surface area contributed by atoms with Crippen LogP contribution in [0.4, 0.5) is 10.5 Å². The van der Waals surface area contributed by atoms with Gasteiger partial charge >= 0.3 is 6.03 Å². The molecule has 0 spiro atoms. The third-order valence-electron chi connectivity index (χ3n) is 4.68. The van der Waals surface area contributed by atoms with Crippen LogP contribution in [0.15, 0.2) is 48.5 Å². The highest BCUT2D eigenvalue weighted by atomic mass is 35.5. The van der Waals surface area contributed by atoms with E-state index in [9.17, 15) is 9.59 Å². The maximum Gasteiger partial charge on any atom is 0.318 e. The summed E-state index contributed by atoms with van der Waals surface area (Å²) in [7, 11) is 0. The third-order valence-corrected chi connectivity index (χ3v) is 4.91. The molecule has 0 unspecified atom stereocenters. The molecule has 3 amide bonds. The van der Waals surface area contributed by atoms with Crippen LogP contribution in [0.5, 0.6) is 0 Å². The molecule has 0 atom stereocenters. The minimum absolute atomic E-state index is 0.0958. The quantitative estimate of drug-likeness (QED) is 0.648. The highest BCUT2D eigenvalue weighted by Crippen LogP contribution is 2.27. The minimum atomic E-state index is -0.297. The third kappa shape index (κ3) is 3.75. The molecule has 138 valence electrons. The van der Waals surface area contributed by atoms with Gasteiger partial charge in [0.1, 0.15) is 0 Å². The van der Waals surface area contributed by atoms with Crippen LogP contribution in [0.1, 0.15) is 11.3 Å². The predicted molar refractivity (Wildman–Crippen MR) is 106 cm³/mol. The molecule has 0 saturated heterocycles. The van der Waals surface area contributed by atoms with Crippen LogP contribution in [0.3, 0.4) is 0 Å². The van der Waals surface area contributed by atoms with Crippen molar-refractivity contribution in [3.8, 4) is 0 Å². The number of anilines is 1. The van der Waals surface area contributed by atoms with Crippen molar-refractivity contribution in [1.29, 1.82) is 0 Å². The molecule has 2 heterocycles. The number of aromatic nitrogens is 1. The number of benzene rings is 2. The number of aromatic amines is 1. The van der Waals surface area contributed by atoms with Crippen molar-refractivity contribution in [1.82, 2.24) is 15.2 Å². The van der Waals surface area contributed by atoms with E-state index in [1.165, 1.54) is 10.9 Å². The van der Waals surface area contributed by atoms with Crippen molar-refractivity contribution >= 4 is 40.1 Å². The summed E-state index contributed by atoms with van der Waals surface area (Å²) in [5.41, 5.74) is 4.02. The van der Waals surface area contributed by atoms with Gasteiger partial charge in [-0.2, -0.15) is 0 Å². The number of hydrogen-bond acceptors (Lipinski definition) is 2. The van der Waals surface area contributed by atoms with Crippen molar-refractivity contribution in [2.45, 2.75) is 13.0 Å². The Hall–Kier alpha value is -2.99. The molecule has 3 N–H and O–H groups in total. The lowest BCUT2D eigenvalue weighted by Crippen LogP contribution is -2.45. The maximum atomic E-state index is 12.4. The van der Waals surface area contributed by atoms with Gasteiger partial charge in [0.2, 0.25) is 5.91 Å². The first-order valence-electron chi connectivity index (χ1n) is 8.77. The fourth-order valence-corrected chi connectivity index (χ4v) is 3.60. The molecule has 0 fully saturated rings. The molecule has 0 radical (unpaired) electrons. The van der Waals surface area contributed by atoms with Gasteiger partial charge in [-0.15, -0.1) is 0 Å². The zero-order chi connectivity index (χ0) is 18.8. The molecule has 3 aromatic rings. The number of nitrogens with one attached hydrogen (secondary N) is 3. The van der Waals surface area contributed by atoms with Gasteiger partial charge in [-0.05, 0) is 36.2 Å². The number of carbonyl (C=O) groups is 2. The number of rotatable bonds is 3. The summed E-state index contributed by atoms with van der Waals surface area (Å²) in [6.07, 6.45) is 0.793.